The topological polar surface area (TPSA) is 29.9 Å². The highest BCUT2D eigenvalue weighted by Crippen LogP contribution is 2.31. The van der Waals surface area contributed by atoms with E-state index in [9.17, 15) is 0 Å². The van der Waals surface area contributed by atoms with E-state index in [1.165, 1.54) is 29.7 Å². The third-order valence-electron chi connectivity index (χ3n) is 4.18. The van der Waals surface area contributed by atoms with Crippen LogP contribution in [0, 0.1) is 0 Å². The smallest absolute Gasteiger partial charge is 0.0540 e. The number of nitrogens with zero attached hydrogens (tertiary/aromatic N) is 2. The minimum Gasteiger partial charge on any atom is -0.303 e. The van der Waals surface area contributed by atoms with Gasteiger partial charge in [-0.2, -0.15) is 5.10 Å². The van der Waals surface area contributed by atoms with Gasteiger partial charge in [-0.05, 0) is 43.9 Å². The van der Waals surface area contributed by atoms with E-state index in [1.54, 1.807) is 0 Å². The highest BCUT2D eigenvalue weighted by atomic mass is 79.9. The lowest BCUT2D eigenvalue weighted by atomic mass is 9.92. The maximum absolute atomic E-state index is 4.41. The van der Waals surface area contributed by atoms with Crippen molar-refractivity contribution in [2.75, 3.05) is 0 Å². The number of aryl methyl sites for hydroxylation is 1. The summed E-state index contributed by atoms with van der Waals surface area (Å²) in [6, 6.07) is 9.27. The Morgan fingerprint density at radius 3 is 3.10 bits per heavy atom. The normalized spacial score (nSPS) is 19.6. The number of hydrogen-bond donors (Lipinski definition) is 1. The van der Waals surface area contributed by atoms with Crippen molar-refractivity contribution >= 4 is 15.9 Å². The lowest BCUT2D eigenvalue weighted by molar-refractivity contribution is 0.411. The van der Waals surface area contributed by atoms with Gasteiger partial charge in [-0.1, -0.05) is 28.1 Å². The largest absolute Gasteiger partial charge is 0.303 e. The molecular weight excluding hydrogens is 314 g/mol. The van der Waals surface area contributed by atoms with E-state index in [4.69, 9.17) is 0 Å². The first kappa shape index (κ1) is 13.8. The molecular formula is C16H20BrN3. The molecule has 0 saturated heterocycles. The quantitative estimate of drug-likeness (QED) is 0.922. The van der Waals surface area contributed by atoms with Crippen LogP contribution in [-0.2, 0) is 13.5 Å². The highest BCUT2D eigenvalue weighted by molar-refractivity contribution is 9.10. The number of benzene rings is 1. The van der Waals surface area contributed by atoms with Crippen LogP contribution < -0.4 is 5.32 Å². The van der Waals surface area contributed by atoms with E-state index >= 15 is 0 Å². The molecule has 1 N–H and O–H groups in total. The molecule has 0 radical (unpaired) electrons. The Labute approximate surface area is 128 Å². The van der Waals surface area contributed by atoms with Gasteiger partial charge in [-0.15, -0.1) is 0 Å². The monoisotopic (exact) mass is 333 g/mol. The molecule has 2 atom stereocenters. The molecule has 0 aliphatic heterocycles. The molecule has 1 aromatic heterocycles. The summed E-state index contributed by atoms with van der Waals surface area (Å²) in [7, 11) is 2.04. The van der Waals surface area contributed by atoms with Crippen LogP contribution in [0.25, 0.3) is 0 Å². The number of rotatable bonds is 3. The van der Waals surface area contributed by atoms with Crippen molar-refractivity contribution in [2.45, 2.75) is 38.3 Å². The molecule has 1 heterocycles. The first-order valence-electron chi connectivity index (χ1n) is 7.17. The van der Waals surface area contributed by atoms with E-state index in [0.29, 0.717) is 12.1 Å². The Hall–Kier alpha value is -1.13. The maximum atomic E-state index is 4.41. The molecule has 1 unspecified atom stereocenters. The summed E-state index contributed by atoms with van der Waals surface area (Å²) < 4.78 is 3.15. The van der Waals surface area contributed by atoms with Crippen molar-refractivity contribution in [1.29, 1.82) is 0 Å². The Kier molecular flexibility index (Phi) is 3.94. The highest BCUT2D eigenvalue weighted by Gasteiger charge is 2.24. The van der Waals surface area contributed by atoms with Crippen molar-refractivity contribution in [3.63, 3.8) is 0 Å². The Bertz CT molecular complexity index is 606. The van der Waals surface area contributed by atoms with E-state index < -0.39 is 0 Å². The summed E-state index contributed by atoms with van der Waals surface area (Å²) in [5, 5.41) is 8.17. The van der Waals surface area contributed by atoms with Crippen molar-refractivity contribution < 1.29 is 0 Å². The fourth-order valence-electron chi connectivity index (χ4n) is 3.05. The Morgan fingerprint density at radius 2 is 2.30 bits per heavy atom. The molecule has 2 aromatic rings. The lowest BCUT2D eigenvalue weighted by Gasteiger charge is -2.27. The van der Waals surface area contributed by atoms with Crippen LogP contribution in [0.5, 0.6) is 0 Å². The molecule has 0 spiro atoms. The van der Waals surface area contributed by atoms with Crippen LogP contribution in [0.15, 0.2) is 34.9 Å². The number of nitrogens with one attached hydrogen (secondary N) is 1. The summed E-state index contributed by atoms with van der Waals surface area (Å²) in [6.45, 7) is 2.23. The van der Waals surface area contributed by atoms with Crippen molar-refractivity contribution in [3.05, 3.63) is 51.8 Å². The SMILES string of the molecule is C[C@H](NC1CCCc2c1cnn2C)c1cccc(Br)c1. The number of hydrogen-bond acceptors (Lipinski definition) is 2. The van der Waals surface area contributed by atoms with Gasteiger partial charge in [0.15, 0.2) is 0 Å². The zero-order chi connectivity index (χ0) is 14.1. The predicted octanol–water partition coefficient (Wildman–Crippen LogP) is 3.91. The van der Waals surface area contributed by atoms with Gasteiger partial charge in [0.25, 0.3) is 0 Å². The molecule has 0 bridgehead atoms. The van der Waals surface area contributed by atoms with E-state index in [0.717, 1.165) is 10.9 Å². The summed E-state index contributed by atoms with van der Waals surface area (Å²) >= 11 is 3.54. The molecule has 20 heavy (non-hydrogen) atoms. The molecule has 1 aliphatic rings. The van der Waals surface area contributed by atoms with E-state index in [1.807, 2.05) is 17.9 Å². The van der Waals surface area contributed by atoms with Crippen molar-refractivity contribution in [1.82, 2.24) is 15.1 Å². The second-order valence-electron chi connectivity index (χ2n) is 5.56. The van der Waals surface area contributed by atoms with Crippen LogP contribution in [-0.4, -0.2) is 9.78 Å². The minimum atomic E-state index is 0.337. The second-order valence-corrected chi connectivity index (χ2v) is 6.47. The molecule has 4 heteroatoms. The number of fused-ring (bicyclic) bond motifs is 1. The Morgan fingerprint density at radius 1 is 1.45 bits per heavy atom. The molecule has 106 valence electrons. The first-order valence-corrected chi connectivity index (χ1v) is 7.96. The van der Waals surface area contributed by atoms with Crippen molar-refractivity contribution in [3.8, 4) is 0 Å². The van der Waals surface area contributed by atoms with Crippen LogP contribution in [0.2, 0.25) is 0 Å². The molecule has 0 saturated carbocycles. The van der Waals surface area contributed by atoms with E-state index in [-0.39, 0.29) is 0 Å². The summed E-state index contributed by atoms with van der Waals surface area (Å²) in [5.74, 6) is 0. The summed E-state index contributed by atoms with van der Waals surface area (Å²) in [6.07, 6.45) is 5.60. The molecule has 3 nitrogen and oxygen atoms in total. The van der Waals surface area contributed by atoms with Crippen LogP contribution in [0.4, 0.5) is 0 Å². The van der Waals surface area contributed by atoms with Crippen molar-refractivity contribution in [2.24, 2.45) is 7.05 Å². The van der Waals surface area contributed by atoms with Crippen LogP contribution in [0.1, 0.15) is 48.7 Å². The van der Waals surface area contributed by atoms with Crippen LogP contribution in [0.3, 0.4) is 0 Å². The second kappa shape index (κ2) is 5.70. The van der Waals surface area contributed by atoms with Gasteiger partial charge in [0.05, 0.1) is 6.20 Å². The average Bonchev–Trinajstić information content (AvgIpc) is 2.82. The minimum absolute atomic E-state index is 0.337. The Balaban J connectivity index is 1.78. The fourth-order valence-corrected chi connectivity index (χ4v) is 3.47. The van der Waals surface area contributed by atoms with Gasteiger partial charge in [0.1, 0.15) is 0 Å². The third kappa shape index (κ3) is 2.67. The van der Waals surface area contributed by atoms with Gasteiger partial charge in [-0.25, -0.2) is 0 Å². The molecule has 0 amide bonds. The zero-order valence-corrected chi connectivity index (χ0v) is 13.5. The average molecular weight is 334 g/mol. The van der Waals surface area contributed by atoms with Gasteiger partial charge < -0.3 is 5.32 Å². The maximum Gasteiger partial charge on any atom is 0.0540 e. The van der Waals surface area contributed by atoms with Gasteiger partial charge in [-0.3, -0.25) is 4.68 Å². The standard InChI is InChI=1S/C16H20BrN3/c1-11(12-5-3-6-13(17)9-12)19-15-7-4-8-16-14(15)10-18-20(16)2/h3,5-6,9-11,15,19H,4,7-8H2,1-2H3/t11-,15?/m0/s1. The summed E-state index contributed by atoms with van der Waals surface area (Å²) in [5.41, 5.74) is 4.08. The van der Waals surface area contributed by atoms with Gasteiger partial charge in [0.2, 0.25) is 0 Å². The molecule has 1 aromatic carbocycles. The number of aromatic nitrogens is 2. The lowest BCUT2D eigenvalue weighted by Crippen LogP contribution is -2.27. The van der Waals surface area contributed by atoms with E-state index in [2.05, 4.69) is 57.5 Å². The third-order valence-corrected chi connectivity index (χ3v) is 4.67. The molecule has 1 aliphatic carbocycles. The predicted molar refractivity (Wildman–Crippen MR) is 84.6 cm³/mol. The van der Waals surface area contributed by atoms with Crippen LogP contribution >= 0.6 is 15.9 Å². The summed E-state index contributed by atoms with van der Waals surface area (Å²) in [4.78, 5) is 0. The first-order chi connectivity index (χ1) is 9.65. The van der Waals surface area contributed by atoms with Gasteiger partial charge in [0, 0.05) is 34.9 Å². The molecule has 3 rings (SSSR count). The zero-order valence-electron chi connectivity index (χ0n) is 11.9. The fraction of sp³-hybridized carbons (Fsp3) is 0.438. The molecule has 0 fully saturated rings. The number of halogens is 1. The van der Waals surface area contributed by atoms with Gasteiger partial charge >= 0.3 is 0 Å².